The van der Waals surface area contributed by atoms with Crippen molar-refractivity contribution in [2.45, 2.75) is 0 Å². The second-order valence-corrected chi connectivity index (χ2v) is 7.19. The molecule has 0 unspecified atom stereocenters. The number of aromatic nitrogens is 2. The third-order valence-corrected chi connectivity index (χ3v) is 5.54. The summed E-state index contributed by atoms with van der Waals surface area (Å²) in [4.78, 5) is 31.3. The van der Waals surface area contributed by atoms with Crippen molar-refractivity contribution in [2.75, 3.05) is 14.2 Å². The van der Waals surface area contributed by atoms with E-state index in [1.54, 1.807) is 36.4 Å². The number of hydrogen-bond donors (Lipinski definition) is 0. The van der Waals surface area contributed by atoms with Crippen LogP contribution in [0.15, 0.2) is 59.5 Å². The van der Waals surface area contributed by atoms with E-state index in [9.17, 15) is 9.59 Å². The number of benzene rings is 2. The van der Waals surface area contributed by atoms with Crippen LogP contribution in [0.5, 0.6) is 11.5 Å². The lowest BCUT2D eigenvalue weighted by Crippen LogP contribution is -2.22. The minimum Gasteiger partial charge on any atom is -0.493 e. The van der Waals surface area contributed by atoms with Crippen LogP contribution in [0.3, 0.4) is 0 Å². The number of ether oxygens (including phenoxy) is 2. The molecule has 0 amide bonds. The number of hydrogen-bond acceptors (Lipinski definition) is 5. The maximum Gasteiger partial charge on any atom is 0.267 e. The number of rotatable bonds is 3. The van der Waals surface area contributed by atoms with E-state index in [4.69, 9.17) is 21.1 Å². The molecule has 0 saturated heterocycles. The minimum atomic E-state index is -0.340. The molecule has 1 aliphatic carbocycles. The maximum atomic E-state index is 13.8. The van der Waals surface area contributed by atoms with Crippen molar-refractivity contribution in [1.82, 2.24) is 9.55 Å². The zero-order valence-electron chi connectivity index (χ0n) is 16.1. The first kappa shape index (κ1) is 18.4. The fourth-order valence-corrected chi connectivity index (χ4v) is 4.17. The van der Waals surface area contributed by atoms with Crippen molar-refractivity contribution in [3.63, 3.8) is 0 Å². The van der Waals surface area contributed by atoms with Gasteiger partial charge in [0.1, 0.15) is 5.15 Å². The van der Waals surface area contributed by atoms with Gasteiger partial charge in [-0.3, -0.25) is 14.2 Å². The van der Waals surface area contributed by atoms with Crippen LogP contribution in [0.2, 0.25) is 5.15 Å². The summed E-state index contributed by atoms with van der Waals surface area (Å²) in [7, 11) is 2.97. The summed E-state index contributed by atoms with van der Waals surface area (Å²) in [6.07, 6.45) is 1.51. The number of halogens is 1. The van der Waals surface area contributed by atoms with Crippen LogP contribution in [0.1, 0.15) is 15.9 Å². The Morgan fingerprint density at radius 3 is 2.37 bits per heavy atom. The van der Waals surface area contributed by atoms with Crippen LogP contribution in [-0.2, 0) is 0 Å². The standard InChI is InChI=1S/C23H15ClN2O4/c1-29-16-9-8-15-18-20(13-5-3-4-6-14(13)21(18)27)26(12-7-10-17(24)25-11-12)23(28)19(15)22(16)30-2/h3-11H,1-2H3. The molecule has 0 atom stereocenters. The molecule has 0 spiro atoms. The van der Waals surface area contributed by atoms with E-state index in [1.807, 2.05) is 12.1 Å². The summed E-state index contributed by atoms with van der Waals surface area (Å²) in [5.41, 5.74) is 2.38. The van der Waals surface area contributed by atoms with Gasteiger partial charge < -0.3 is 9.47 Å². The molecule has 2 aromatic carbocycles. The molecule has 6 nitrogen and oxygen atoms in total. The summed E-state index contributed by atoms with van der Waals surface area (Å²) in [6, 6.07) is 14.0. The van der Waals surface area contributed by atoms with E-state index in [0.717, 1.165) is 0 Å². The number of carbonyl (C=O) groups excluding carboxylic acids is 1. The third-order valence-electron chi connectivity index (χ3n) is 5.32. The molecule has 2 heterocycles. The number of methoxy groups -OCH3 is 2. The Morgan fingerprint density at radius 1 is 0.933 bits per heavy atom. The highest BCUT2D eigenvalue weighted by Gasteiger charge is 2.34. The van der Waals surface area contributed by atoms with Crippen LogP contribution in [0, 0.1) is 0 Å². The van der Waals surface area contributed by atoms with Gasteiger partial charge in [-0.15, -0.1) is 0 Å². The maximum absolute atomic E-state index is 13.8. The summed E-state index contributed by atoms with van der Waals surface area (Å²) in [5.74, 6) is 0.543. The summed E-state index contributed by atoms with van der Waals surface area (Å²) in [6.45, 7) is 0. The second kappa shape index (κ2) is 6.71. The normalized spacial score (nSPS) is 12.0. The molecule has 0 saturated carbocycles. The van der Waals surface area contributed by atoms with Gasteiger partial charge in [-0.05, 0) is 24.3 Å². The number of nitrogens with zero attached hydrogens (tertiary/aromatic N) is 2. The molecule has 2 aromatic heterocycles. The number of pyridine rings is 2. The summed E-state index contributed by atoms with van der Waals surface area (Å²) >= 11 is 5.95. The van der Waals surface area contributed by atoms with Crippen molar-refractivity contribution in [3.05, 3.63) is 81.4 Å². The van der Waals surface area contributed by atoms with E-state index < -0.39 is 0 Å². The Labute approximate surface area is 176 Å². The van der Waals surface area contributed by atoms with Crippen LogP contribution < -0.4 is 15.0 Å². The Bertz CT molecular complexity index is 1410. The first-order valence-corrected chi connectivity index (χ1v) is 9.54. The third kappa shape index (κ3) is 2.40. The van der Waals surface area contributed by atoms with Crippen LogP contribution in [-0.4, -0.2) is 29.6 Å². The van der Waals surface area contributed by atoms with Gasteiger partial charge in [0.15, 0.2) is 17.3 Å². The van der Waals surface area contributed by atoms with Gasteiger partial charge in [0, 0.05) is 16.5 Å². The lowest BCUT2D eigenvalue weighted by atomic mass is 10.0. The van der Waals surface area contributed by atoms with Crippen molar-refractivity contribution in [3.8, 4) is 28.4 Å². The van der Waals surface area contributed by atoms with Crippen LogP contribution in [0.4, 0.5) is 0 Å². The van der Waals surface area contributed by atoms with E-state index >= 15 is 0 Å². The molecule has 5 rings (SSSR count). The molecule has 0 aliphatic heterocycles. The monoisotopic (exact) mass is 418 g/mol. The number of ketones is 1. The Morgan fingerprint density at radius 2 is 1.70 bits per heavy atom. The van der Waals surface area contributed by atoms with Crippen LogP contribution >= 0.6 is 11.6 Å². The smallest absolute Gasteiger partial charge is 0.267 e. The highest BCUT2D eigenvalue weighted by Crippen LogP contribution is 2.43. The average molecular weight is 419 g/mol. The quantitative estimate of drug-likeness (QED) is 0.409. The van der Waals surface area contributed by atoms with Gasteiger partial charge in [-0.25, -0.2) is 4.98 Å². The highest BCUT2D eigenvalue weighted by atomic mass is 35.5. The molecule has 0 fully saturated rings. The first-order chi connectivity index (χ1) is 14.6. The van der Waals surface area contributed by atoms with Crippen molar-refractivity contribution < 1.29 is 14.3 Å². The predicted octanol–water partition coefficient (Wildman–Crippen LogP) is 4.27. The van der Waals surface area contributed by atoms with Gasteiger partial charge in [0.25, 0.3) is 5.56 Å². The lowest BCUT2D eigenvalue weighted by molar-refractivity contribution is 0.104. The predicted molar refractivity (Wildman–Crippen MR) is 114 cm³/mol. The van der Waals surface area contributed by atoms with Crippen molar-refractivity contribution >= 4 is 28.2 Å². The molecule has 7 heteroatoms. The van der Waals surface area contributed by atoms with Gasteiger partial charge >= 0.3 is 0 Å². The largest absolute Gasteiger partial charge is 0.493 e. The molecule has 0 bridgehead atoms. The molecular weight excluding hydrogens is 404 g/mol. The van der Waals surface area contributed by atoms with E-state index in [-0.39, 0.29) is 22.5 Å². The Balaban J connectivity index is 2.03. The van der Waals surface area contributed by atoms with Gasteiger partial charge in [0.05, 0.1) is 42.7 Å². The topological polar surface area (TPSA) is 70.4 Å². The molecule has 0 N–H and O–H groups in total. The molecule has 30 heavy (non-hydrogen) atoms. The van der Waals surface area contributed by atoms with Crippen molar-refractivity contribution in [1.29, 1.82) is 0 Å². The fourth-order valence-electron chi connectivity index (χ4n) is 4.05. The Kier molecular flexibility index (Phi) is 4.11. The van der Waals surface area contributed by atoms with Gasteiger partial charge in [-0.2, -0.15) is 0 Å². The summed E-state index contributed by atoms with van der Waals surface area (Å²) < 4.78 is 12.4. The minimum absolute atomic E-state index is 0.145. The second-order valence-electron chi connectivity index (χ2n) is 6.80. The molecule has 0 radical (unpaired) electrons. The fraction of sp³-hybridized carbons (Fsp3) is 0.0870. The zero-order valence-corrected chi connectivity index (χ0v) is 16.9. The number of fused-ring (bicyclic) bond motifs is 5. The van der Waals surface area contributed by atoms with E-state index in [0.29, 0.717) is 44.4 Å². The SMILES string of the molecule is COc1ccc2c3c(n(-c4ccc(Cl)nc4)c(=O)c2c1OC)-c1ccccc1C3=O. The summed E-state index contributed by atoms with van der Waals surface area (Å²) in [5, 5.41) is 1.10. The first-order valence-electron chi connectivity index (χ1n) is 9.16. The van der Waals surface area contributed by atoms with Crippen LogP contribution in [0.25, 0.3) is 27.7 Å². The zero-order chi connectivity index (χ0) is 21.0. The molecule has 1 aliphatic rings. The van der Waals surface area contributed by atoms with E-state index in [2.05, 4.69) is 4.98 Å². The lowest BCUT2D eigenvalue weighted by Gasteiger charge is -2.17. The Hall–Kier alpha value is -3.64. The van der Waals surface area contributed by atoms with Gasteiger partial charge in [-0.1, -0.05) is 35.9 Å². The average Bonchev–Trinajstić information content (AvgIpc) is 3.07. The molecule has 4 aromatic rings. The van der Waals surface area contributed by atoms with Gasteiger partial charge in [0.2, 0.25) is 0 Å². The van der Waals surface area contributed by atoms with E-state index in [1.165, 1.54) is 25.0 Å². The van der Waals surface area contributed by atoms with Crippen molar-refractivity contribution in [2.24, 2.45) is 0 Å². The molecular formula is C23H15ClN2O4. The molecule has 148 valence electrons. The highest BCUT2D eigenvalue weighted by molar-refractivity contribution is 6.29. The number of carbonyl (C=O) groups is 1.